The van der Waals surface area contributed by atoms with Crippen LogP contribution in [0, 0.1) is 16.7 Å². The number of carbonyl (C=O) groups is 1. The zero-order chi connectivity index (χ0) is 14.9. The van der Waals surface area contributed by atoms with Gasteiger partial charge in [-0.2, -0.15) is 0 Å². The summed E-state index contributed by atoms with van der Waals surface area (Å²) in [7, 11) is 0. The molecule has 0 aliphatic heterocycles. The van der Waals surface area contributed by atoms with E-state index in [0.29, 0.717) is 5.92 Å². The molecule has 0 amide bonds. The molecule has 3 atom stereocenters. The van der Waals surface area contributed by atoms with Gasteiger partial charge in [-0.15, -0.1) is 13.2 Å². The van der Waals surface area contributed by atoms with Crippen LogP contribution in [0.5, 0.6) is 0 Å². The number of esters is 1. The SMILES string of the molecule is C=C[C@]1(C)CC[C@@H](C(C)(C)OC(C)=O)C[C@@]1(C)C=C. The third-order valence-electron chi connectivity index (χ3n) is 5.28. The van der Waals surface area contributed by atoms with E-state index in [1.807, 2.05) is 19.9 Å². The van der Waals surface area contributed by atoms with E-state index in [-0.39, 0.29) is 16.8 Å². The average molecular weight is 264 g/mol. The summed E-state index contributed by atoms with van der Waals surface area (Å²) in [4.78, 5) is 11.3. The van der Waals surface area contributed by atoms with Crippen LogP contribution in [-0.4, -0.2) is 11.6 Å². The summed E-state index contributed by atoms with van der Waals surface area (Å²) in [5, 5.41) is 0. The molecule has 0 bridgehead atoms. The number of rotatable bonds is 4. The first-order valence-corrected chi connectivity index (χ1v) is 7.07. The molecule has 2 nitrogen and oxygen atoms in total. The second-order valence-electron chi connectivity index (χ2n) is 6.88. The molecule has 0 spiro atoms. The maximum absolute atomic E-state index is 11.3. The fourth-order valence-electron chi connectivity index (χ4n) is 3.31. The molecule has 1 rings (SSSR count). The Bertz CT molecular complexity index is 383. The highest BCUT2D eigenvalue weighted by atomic mass is 16.6. The van der Waals surface area contributed by atoms with E-state index in [2.05, 4.69) is 33.1 Å². The first kappa shape index (κ1) is 16.0. The Morgan fingerprint density at radius 2 is 1.79 bits per heavy atom. The topological polar surface area (TPSA) is 26.3 Å². The minimum absolute atomic E-state index is 0.00488. The van der Waals surface area contributed by atoms with Crippen LogP contribution in [0.4, 0.5) is 0 Å². The highest BCUT2D eigenvalue weighted by Crippen LogP contribution is 2.55. The van der Waals surface area contributed by atoms with Crippen LogP contribution in [0.3, 0.4) is 0 Å². The van der Waals surface area contributed by atoms with Gasteiger partial charge in [-0.05, 0) is 49.9 Å². The molecule has 2 heteroatoms. The van der Waals surface area contributed by atoms with Crippen molar-refractivity contribution in [1.82, 2.24) is 0 Å². The molecule has 1 saturated carbocycles. The predicted octanol–water partition coefficient (Wildman–Crippen LogP) is 4.51. The third-order valence-corrected chi connectivity index (χ3v) is 5.28. The summed E-state index contributed by atoms with van der Waals surface area (Å²) in [6.45, 7) is 18.0. The van der Waals surface area contributed by atoms with Crippen LogP contribution in [0.15, 0.2) is 25.3 Å². The second kappa shape index (κ2) is 5.15. The molecule has 0 unspecified atom stereocenters. The van der Waals surface area contributed by atoms with Gasteiger partial charge in [-0.1, -0.05) is 26.0 Å². The maximum atomic E-state index is 11.3. The summed E-state index contributed by atoms with van der Waals surface area (Å²) in [6, 6.07) is 0. The van der Waals surface area contributed by atoms with Crippen molar-refractivity contribution in [3.63, 3.8) is 0 Å². The minimum Gasteiger partial charge on any atom is -0.460 e. The monoisotopic (exact) mass is 264 g/mol. The third kappa shape index (κ3) is 2.93. The molecule has 0 radical (unpaired) electrons. The zero-order valence-corrected chi connectivity index (χ0v) is 13.1. The Morgan fingerprint density at radius 3 is 2.21 bits per heavy atom. The van der Waals surface area contributed by atoms with Crippen molar-refractivity contribution in [3.05, 3.63) is 25.3 Å². The van der Waals surface area contributed by atoms with Crippen molar-refractivity contribution < 1.29 is 9.53 Å². The van der Waals surface area contributed by atoms with E-state index in [4.69, 9.17) is 4.74 Å². The summed E-state index contributed by atoms with van der Waals surface area (Å²) in [5.41, 5.74) is -0.356. The summed E-state index contributed by atoms with van der Waals surface area (Å²) in [6.07, 6.45) is 7.17. The van der Waals surface area contributed by atoms with Crippen molar-refractivity contribution in [2.45, 2.75) is 59.5 Å². The van der Waals surface area contributed by atoms with Gasteiger partial charge >= 0.3 is 5.97 Å². The fraction of sp³-hybridized carbons (Fsp3) is 0.706. The molecule has 19 heavy (non-hydrogen) atoms. The minimum atomic E-state index is -0.418. The zero-order valence-electron chi connectivity index (χ0n) is 13.1. The Kier molecular flexibility index (Phi) is 4.33. The largest absolute Gasteiger partial charge is 0.460 e. The molecule has 1 fully saturated rings. The van der Waals surface area contributed by atoms with Gasteiger partial charge in [-0.3, -0.25) is 4.79 Å². The molecule has 0 saturated heterocycles. The van der Waals surface area contributed by atoms with Gasteiger partial charge in [0.1, 0.15) is 5.60 Å². The molecule has 0 heterocycles. The highest BCUT2D eigenvalue weighted by Gasteiger charge is 2.49. The van der Waals surface area contributed by atoms with Gasteiger partial charge in [0, 0.05) is 6.92 Å². The van der Waals surface area contributed by atoms with Crippen molar-refractivity contribution in [2.24, 2.45) is 16.7 Å². The van der Waals surface area contributed by atoms with Crippen molar-refractivity contribution in [3.8, 4) is 0 Å². The molecule has 1 aliphatic rings. The van der Waals surface area contributed by atoms with Gasteiger partial charge in [-0.25, -0.2) is 0 Å². The lowest BCUT2D eigenvalue weighted by Crippen LogP contribution is -2.47. The molecule has 1 aliphatic carbocycles. The molecular weight excluding hydrogens is 236 g/mol. The maximum Gasteiger partial charge on any atom is 0.303 e. The Morgan fingerprint density at radius 1 is 1.26 bits per heavy atom. The van der Waals surface area contributed by atoms with Crippen LogP contribution < -0.4 is 0 Å². The van der Waals surface area contributed by atoms with Gasteiger partial charge in [0.05, 0.1) is 0 Å². The molecular formula is C17H28O2. The molecule has 0 aromatic carbocycles. The van der Waals surface area contributed by atoms with Crippen LogP contribution in [0.2, 0.25) is 0 Å². The van der Waals surface area contributed by atoms with Gasteiger partial charge in [0.25, 0.3) is 0 Å². The summed E-state index contributed by atoms with van der Waals surface area (Å²) < 4.78 is 5.52. The number of ether oxygens (including phenoxy) is 1. The van der Waals surface area contributed by atoms with E-state index in [1.54, 1.807) is 0 Å². The number of allylic oxidation sites excluding steroid dienone is 2. The predicted molar refractivity (Wildman–Crippen MR) is 79.8 cm³/mol. The van der Waals surface area contributed by atoms with Crippen molar-refractivity contribution >= 4 is 5.97 Å². The van der Waals surface area contributed by atoms with E-state index in [0.717, 1.165) is 19.3 Å². The first-order valence-electron chi connectivity index (χ1n) is 7.07. The van der Waals surface area contributed by atoms with Crippen LogP contribution in [-0.2, 0) is 9.53 Å². The van der Waals surface area contributed by atoms with Gasteiger partial charge < -0.3 is 4.74 Å². The Labute approximate surface area is 117 Å². The number of carbonyl (C=O) groups excluding carboxylic acids is 1. The van der Waals surface area contributed by atoms with Crippen LogP contribution >= 0.6 is 0 Å². The highest BCUT2D eigenvalue weighted by molar-refractivity contribution is 5.66. The van der Waals surface area contributed by atoms with E-state index in [1.165, 1.54) is 6.92 Å². The van der Waals surface area contributed by atoms with Crippen molar-refractivity contribution in [1.29, 1.82) is 0 Å². The smallest absolute Gasteiger partial charge is 0.303 e. The lowest BCUT2D eigenvalue weighted by molar-refractivity contribution is -0.163. The normalized spacial score (nSPS) is 35.5. The standard InChI is InChI=1S/C17H28O2/c1-8-16(6)11-10-14(12-17(16,7)9-2)15(4,5)19-13(3)18/h8-9,14H,1-2,10-12H2,3-7H3/t14-,16-,17-/m1/s1. The van der Waals surface area contributed by atoms with Crippen LogP contribution in [0.1, 0.15) is 53.9 Å². The quantitative estimate of drug-likeness (QED) is 0.551. The number of hydrogen-bond donors (Lipinski definition) is 0. The molecule has 0 aromatic heterocycles. The Balaban J connectivity index is 2.98. The van der Waals surface area contributed by atoms with E-state index >= 15 is 0 Å². The molecule has 0 aromatic rings. The lowest BCUT2D eigenvalue weighted by atomic mass is 9.53. The summed E-state index contributed by atoms with van der Waals surface area (Å²) in [5.74, 6) is 0.148. The Hall–Kier alpha value is -1.05. The summed E-state index contributed by atoms with van der Waals surface area (Å²) >= 11 is 0. The number of hydrogen-bond acceptors (Lipinski definition) is 2. The van der Waals surface area contributed by atoms with Crippen LogP contribution in [0.25, 0.3) is 0 Å². The molecule has 0 N–H and O–H groups in total. The van der Waals surface area contributed by atoms with E-state index in [9.17, 15) is 4.79 Å². The van der Waals surface area contributed by atoms with E-state index < -0.39 is 5.60 Å². The van der Waals surface area contributed by atoms with Gasteiger partial charge in [0.15, 0.2) is 0 Å². The average Bonchev–Trinajstić information content (AvgIpc) is 2.31. The first-order chi connectivity index (χ1) is 8.60. The molecule has 108 valence electrons. The lowest BCUT2D eigenvalue weighted by Gasteiger charge is -2.52. The van der Waals surface area contributed by atoms with Crippen molar-refractivity contribution in [2.75, 3.05) is 0 Å². The fourth-order valence-corrected chi connectivity index (χ4v) is 3.31. The second-order valence-corrected chi connectivity index (χ2v) is 6.88. The van der Waals surface area contributed by atoms with Gasteiger partial charge in [0.2, 0.25) is 0 Å².